The maximum absolute atomic E-state index is 11.3. The van der Waals surface area contributed by atoms with E-state index in [2.05, 4.69) is 5.32 Å². The first-order chi connectivity index (χ1) is 7.69. The first-order valence-corrected chi connectivity index (χ1v) is 5.35. The van der Waals surface area contributed by atoms with Gasteiger partial charge < -0.3 is 5.32 Å². The van der Waals surface area contributed by atoms with Gasteiger partial charge in [0.2, 0.25) is 0 Å². The van der Waals surface area contributed by atoms with Crippen LogP contribution in [0.2, 0.25) is 0 Å². The summed E-state index contributed by atoms with van der Waals surface area (Å²) in [5, 5.41) is 9.82. The predicted octanol–water partition coefficient (Wildman–Crippen LogP) is 1.64. The highest BCUT2D eigenvalue weighted by Crippen LogP contribution is 2.24. The molecule has 0 radical (unpaired) electrons. The second-order valence-electron chi connectivity index (χ2n) is 3.18. The highest BCUT2D eigenvalue weighted by Gasteiger charge is 2.21. The lowest BCUT2D eigenvalue weighted by atomic mass is 10.1. The fourth-order valence-corrected chi connectivity index (χ4v) is 1.97. The molecule has 1 heterocycles. The van der Waals surface area contributed by atoms with Crippen LogP contribution in [0.15, 0.2) is 29.2 Å². The Bertz CT molecular complexity index is 491. The number of hydrogen-bond acceptors (Lipinski definition) is 4. The van der Waals surface area contributed by atoms with Crippen molar-refractivity contribution < 1.29 is 9.59 Å². The molecule has 1 fully saturated rings. The minimum absolute atomic E-state index is 0.140. The summed E-state index contributed by atoms with van der Waals surface area (Å²) in [4.78, 5) is 22.3. The summed E-state index contributed by atoms with van der Waals surface area (Å²) in [6.45, 7) is 0. The second-order valence-corrected chi connectivity index (χ2v) is 4.23. The third-order valence-corrected chi connectivity index (χ3v) is 2.86. The number of amidine groups is 1. The van der Waals surface area contributed by atoms with Crippen molar-refractivity contribution in [2.75, 3.05) is 0 Å². The van der Waals surface area contributed by atoms with E-state index in [1.807, 2.05) is 0 Å². The molecule has 1 aromatic carbocycles. The number of nitrogens with one attached hydrogen (secondary N) is 2. The highest BCUT2D eigenvalue weighted by atomic mass is 32.2. The number of carbonyl (C=O) groups excluding carboxylic acids is 2. The zero-order chi connectivity index (χ0) is 11.5. The van der Waals surface area contributed by atoms with E-state index in [4.69, 9.17) is 5.41 Å². The Labute approximate surface area is 96.2 Å². The van der Waals surface area contributed by atoms with Crippen LogP contribution in [-0.4, -0.2) is 17.4 Å². The van der Waals surface area contributed by atoms with Crippen LogP contribution in [0.5, 0.6) is 0 Å². The van der Waals surface area contributed by atoms with Gasteiger partial charge in [0.05, 0.1) is 4.91 Å². The zero-order valence-corrected chi connectivity index (χ0v) is 9.01. The molecule has 1 saturated heterocycles. The summed E-state index contributed by atoms with van der Waals surface area (Å²) in [7, 11) is 0. The van der Waals surface area contributed by atoms with Crippen molar-refractivity contribution in [3.8, 4) is 0 Å². The fraction of sp³-hybridized carbons (Fsp3) is 0. The Hall–Kier alpha value is -1.88. The van der Waals surface area contributed by atoms with E-state index in [0.717, 1.165) is 23.6 Å². The fourth-order valence-electron chi connectivity index (χ4n) is 1.26. The van der Waals surface area contributed by atoms with E-state index in [1.165, 1.54) is 0 Å². The van der Waals surface area contributed by atoms with Crippen molar-refractivity contribution in [1.29, 1.82) is 5.41 Å². The van der Waals surface area contributed by atoms with Crippen molar-refractivity contribution >= 4 is 35.2 Å². The molecule has 0 bridgehead atoms. The summed E-state index contributed by atoms with van der Waals surface area (Å²) < 4.78 is 0. The quantitative estimate of drug-likeness (QED) is 0.601. The highest BCUT2D eigenvalue weighted by molar-refractivity contribution is 8.18. The van der Waals surface area contributed by atoms with Crippen LogP contribution in [0.4, 0.5) is 0 Å². The normalized spacial score (nSPS) is 17.6. The third kappa shape index (κ3) is 2.20. The first-order valence-electron chi connectivity index (χ1n) is 4.54. The minimum atomic E-state index is -0.255. The lowest BCUT2D eigenvalue weighted by molar-refractivity contribution is -0.115. The molecular formula is C11H8N2O2S. The average Bonchev–Trinajstić information content (AvgIpc) is 2.59. The number of hydrogen-bond donors (Lipinski definition) is 2. The molecule has 4 nitrogen and oxygen atoms in total. The SMILES string of the molecule is N=C1NC(=O)/C(=C/c2ccc(C=O)cc2)S1. The summed E-state index contributed by atoms with van der Waals surface area (Å²) in [6.07, 6.45) is 2.46. The number of benzene rings is 1. The Morgan fingerprint density at radius 3 is 2.31 bits per heavy atom. The van der Waals surface area contributed by atoms with Crippen LogP contribution < -0.4 is 5.32 Å². The van der Waals surface area contributed by atoms with Crippen LogP contribution in [0, 0.1) is 5.41 Å². The van der Waals surface area contributed by atoms with Crippen LogP contribution in [0.25, 0.3) is 6.08 Å². The van der Waals surface area contributed by atoms with Gasteiger partial charge in [-0.05, 0) is 23.4 Å². The van der Waals surface area contributed by atoms with E-state index < -0.39 is 0 Å². The van der Waals surface area contributed by atoms with Crippen molar-refractivity contribution in [3.05, 3.63) is 40.3 Å². The number of carbonyl (C=O) groups is 2. The molecule has 1 amide bonds. The smallest absolute Gasteiger partial charge is 0.264 e. The first kappa shape index (κ1) is 10.6. The van der Waals surface area contributed by atoms with Gasteiger partial charge in [-0.3, -0.25) is 15.0 Å². The van der Waals surface area contributed by atoms with E-state index in [0.29, 0.717) is 10.5 Å². The summed E-state index contributed by atoms with van der Waals surface area (Å²) in [6, 6.07) is 6.88. The molecule has 1 aliphatic rings. The largest absolute Gasteiger partial charge is 0.301 e. The molecule has 80 valence electrons. The molecule has 5 heteroatoms. The van der Waals surface area contributed by atoms with Gasteiger partial charge in [0.15, 0.2) is 5.17 Å². The van der Waals surface area contributed by atoms with Crippen molar-refractivity contribution in [1.82, 2.24) is 5.32 Å². The second kappa shape index (κ2) is 4.32. The molecule has 1 aromatic rings. The molecule has 0 unspecified atom stereocenters. The van der Waals surface area contributed by atoms with Crippen molar-refractivity contribution in [3.63, 3.8) is 0 Å². The monoisotopic (exact) mass is 232 g/mol. The summed E-state index contributed by atoms with van der Waals surface area (Å²) in [5.41, 5.74) is 1.43. The van der Waals surface area contributed by atoms with E-state index in [-0.39, 0.29) is 11.1 Å². The van der Waals surface area contributed by atoms with Gasteiger partial charge >= 0.3 is 0 Å². The minimum Gasteiger partial charge on any atom is -0.301 e. The molecule has 2 N–H and O–H groups in total. The maximum atomic E-state index is 11.3. The molecule has 1 aliphatic heterocycles. The molecule has 2 rings (SSSR count). The Kier molecular flexibility index (Phi) is 2.87. The average molecular weight is 232 g/mol. The van der Waals surface area contributed by atoms with Crippen LogP contribution in [0.1, 0.15) is 15.9 Å². The molecular weight excluding hydrogens is 224 g/mol. The molecule has 0 aliphatic carbocycles. The Morgan fingerprint density at radius 2 is 1.81 bits per heavy atom. The number of rotatable bonds is 2. The summed E-state index contributed by atoms with van der Waals surface area (Å²) in [5.74, 6) is -0.255. The van der Waals surface area contributed by atoms with Crippen molar-refractivity contribution in [2.24, 2.45) is 0 Å². The Balaban J connectivity index is 2.25. The maximum Gasteiger partial charge on any atom is 0.264 e. The lowest BCUT2D eigenvalue weighted by Crippen LogP contribution is -2.18. The van der Waals surface area contributed by atoms with Gasteiger partial charge in [0, 0.05) is 5.56 Å². The zero-order valence-electron chi connectivity index (χ0n) is 8.19. The molecule has 0 spiro atoms. The van der Waals surface area contributed by atoms with Crippen LogP contribution in [-0.2, 0) is 4.79 Å². The van der Waals surface area contributed by atoms with Gasteiger partial charge in [-0.15, -0.1) is 0 Å². The Morgan fingerprint density at radius 1 is 1.19 bits per heavy atom. The number of aldehydes is 1. The van der Waals surface area contributed by atoms with Crippen molar-refractivity contribution in [2.45, 2.75) is 0 Å². The molecule has 0 atom stereocenters. The molecule has 0 aromatic heterocycles. The topological polar surface area (TPSA) is 70.0 Å². The van der Waals surface area contributed by atoms with Gasteiger partial charge in [-0.2, -0.15) is 0 Å². The van der Waals surface area contributed by atoms with Gasteiger partial charge in [-0.1, -0.05) is 24.3 Å². The van der Waals surface area contributed by atoms with Crippen LogP contribution >= 0.6 is 11.8 Å². The van der Waals surface area contributed by atoms with Gasteiger partial charge in [-0.25, -0.2) is 0 Å². The van der Waals surface area contributed by atoms with E-state index >= 15 is 0 Å². The predicted molar refractivity (Wildman–Crippen MR) is 63.3 cm³/mol. The number of thioether (sulfide) groups is 1. The van der Waals surface area contributed by atoms with E-state index in [1.54, 1.807) is 30.3 Å². The molecule has 0 saturated carbocycles. The van der Waals surface area contributed by atoms with Crippen LogP contribution in [0.3, 0.4) is 0 Å². The number of amides is 1. The van der Waals surface area contributed by atoms with E-state index in [9.17, 15) is 9.59 Å². The lowest BCUT2D eigenvalue weighted by Gasteiger charge is -1.95. The van der Waals surface area contributed by atoms with Gasteiger partial charge in [0.1, 0.15) is 6.29 Å². The standard InChI is InChI=1S/C11H8N2O2S/c12-11-13-10(15)9(16-11)5-7-1-3-8(6-14)4-2-7/h1-6H,(H2,12,13,15)/b9-5-. The molecule has 16 heavy (non-hydrogen) atoms. The summed E-state index contributed by atoms with van der Waals surface area (Å²) >= 11 is 1.09. The third-order valence-electron chi connectivity index (χ3n) is 2.03. The van der Waals surface area contributed by atoms with Gasteiger partial charge in [0.25, 0.3) is 5.91 Å².